The molecule has 0 spiro atoms. The van der Waals surface area contributed by atoms with Gasteiger partial charge in [0.05, 0.1) is 51.7 Å². The third kappa shape index (κ3) is 58.0. The van der Waals surface area contributed by atoms with Crippen LogP contribution in [0.4, 0.5) is 0 Å². The van der Waals surface area contributed by atoms with Crippen molar-refractivity contribution in [3.05, 3.63) is 24.3 Å². The average molecular weight is 961 g/mol. The molecule has 0 aromatic heterocycles. The number of aliphatic hydroxyl groups is 1. The minimum Gasteiger partial charge on any atom is -1.00 e. The third-order valence-corrected chi connectivity index (χ3v) is 6.49. The van der Waals surface area contributed by atoms with Crippen molar-refractivity contribution in [3.8, 4) is 0 Å². The molecule has 0 bridgehead atoms. The second-order valence-electron chi connectivity index (χ2n) is 15.2. The second kappa shape index (κ2) is 51.3. The smallest absolute Gasteiger partial charge is 1.00 e. The molecule has 2 atom stereocenters. The van der Waals surface area contributed by atoms with E-state index >= 15 is 0 Å². The van der Waals surface area contributed by atoms with Crippen LogP contribution in [0.3, 0.4) is 0 Å². The first kappa shape index (κ1) is 83.0. The van der Waals surface area contributed by atoms with Gasteiger partial charge in [0.2, 0.25) is 0 Å². The van der Waals surface area contributed by atoms with Crippen molar-refractivity contribution < 1.29 is 233 Å². The van der Waals surface area contributed by atoms with Gasteiger partial charge in [-0.25, -0.2) is 14.4 Å². The van der Waals surface area contributed by atoms with Gasteiger partial charge in [-0.3, -0.25) is 4.79 Å². The molecule has 61 heavy (non-hydrogen) atoms. The molecule has 0 aromatic carbocycles. The molecule has 0 radical (unpaired) electrons. The van der Waals surface area contributed by atoms with Crippen LogP contribution in [0.2, 0.25) is 0 Å². The van der Waals surface area contributed by atoms with Crippen molar-refractivity contribution >= 4 is 23.9 Å². The fourth-order valence-electron chi connectivity index (χ4n) is 3.43. The molecule has 0 aliphatic heterocycles. The van der Waals surface area contributed by atoms with Gasteiger partial charge in [0.15, 0.2) is 5.60 Å². The van der Waals surface area contributed by atoms with E-state index in [-0.39, 0.29) is 199 Å². The zero-order valence-electron chi connectivity index (χ0n) is 42.9. The number of unbranched alkanes of at least 4 members (excludes halogenated alkanes) is 2. The van der Waals surface area contributed by atoms with Crippen LogP contribution in [0.5, 0.6) is 0 Å². The molecule has 2 unspecified atom stereocenters. The van der Waals surface area contributed by atoms with Crippen molar-refractivity contribution in [3.63, 3.8) is 0 Å². The van der Waals surface area contributed by atoms with Crippen molar-refractivity contribution in [2.45, 2.75) is 132 Å². The molecular formula is C42H83K3O16. The molecule has 0 fully saturated rings. The minimum absolute atomic E-state index is 0. The monoisotopic (exact) mass is 960 g/mol. The molecule has 19 heteroatoms. The summed E-state index contributed by atoms with van der Waals surface area (Å²) in [5, 5.41) is 17.3. The number of esters is 4. The van der Waals surface area contributed by atoms with Gasteiger partial charge in [0, 0.05) is 52.6 Å². The van der Waals surface area contributed by atoms with Gasteiger partial charge in [-0.2, -0.15) is 0 Å². The van der Waals surface area contributed by atoms with Crippen LogP contribution in [0.15, 0.2) is 24.3 Å². The van der Waals surface area contributed by atoms with Gasteiger partial charge in [-0.05, 0) is 82.1 Å². The molecule has 16 nitrogen and oxygen atoms in total. The number of aliphatic hydroxyl groups excluding tert-OH is 1. The minimum atomic E-state index is -1.29. The zero-order chi connectivity index (χ0) is 45.7. The number of carbonyl (C=O) groups excluding carboxylic acids is 4. The Morgan fingerprint density at radius 1 is 0.623 bits per heavy atom. The van der Waals surface area contributed by atoms with Gasteiger partial charge < -0.3 is 59.7 Å². The average Bonchev–Trinajstić information content (AvgIpc) is 3.10. The summed E-state index contributed by atoms with van der Waals surface area (Å²) in [5.74, 6) is -1.55. The molecule has 0 rings (SSSR count). The van der Waals surface area contributed by atoms with Crippen LogP contribution in [0.25, 0.3) is 0 Å². The van der Waals surface area contributed by atoms with Crippen LogP contribution in [-0.4, -0.2) is 139 Å². The van der Waals surface area contributed by atoms with E-state index in [0.717, 1.165) is 25.7 Å². The van der Waals surface area contributed by atoms with E-state index in [1.807, 2.05) is 27.7 Å². The van der Waals surface area contributed by atoms with Crippen molar-refractivity contribution in [1.29, 1.82) is 0 Å². The summed E-state index contributed by atoms with van der Waals surface area (Å²) in [5.41, 5.74) is -2.53. The predicted molar refractivity (Wildman–Crippen MR) is 223 cm³/mol. The van der Waals surface area contributed by atoms with E-state index in [2.05, 4.69) is 29.6 Å². The van der Waals surface area contributed by atoms with E-state index in [1.54, 1.807) is 62.7 Å². The Labute approximate surface area is 498 Å². The van der Waals surface area contributed by atoms with Gasteiger partial charge in [-0.1, -0.05) is 39.8 Å². The molecule has 0 amide bonds. The number of carbonyl (C=O) groups is 4. The van der Waals surface area contributed by atoms with Crippen LogP contribution >= 0.6 is 0 Å². The van der Waals surface area contributed by atoms with Crippen molar-refractivity contribution in [1.82, 2.24) is 0 Å². The fraction of sp³-hybridized carbons (Fsp3) is 0.810. The topological polar surface area (TPSA) is 225 Å². The van der Waals surface area contributed by atoms with E-state index in [4.69, 9.17) is 38.3 Å². The van der Waals surface area contributed by atoms with E-state index < -0.39 is 34.2 Å². The molecular weight excluding hydrogens is 878 g/mol. The van der Waals surface area contributed by atoms with E-state index in [1.165, 1.54) is 14.2 Å². The standard InChI is InChI=1S/C20H38O7.2C8H14O2.C3H8O2.C3H7O2.3K.H2O.H/c1-9-10-11-26-17(22)20(6,24-8)14-19(5,15-25-13-12-23-7)16(21)27-18(2,3)4;1-6(2)7(9)10-8(3,4)5;1-4-5-6-10-8(9)7(2)3;2*1-5-3-2-4;;;;;/h9-15H2,1-8H3;1H2,2-5H3;2,4-6H2,1,3H3;4H,2-3H2,1H3;2-3H2,1H3;;;;1H2;/q;;;;-1;3*+1;;-1/p-1. The van der Waals surface area contributed by atoms with Gasteiger partial charge in [0.1, 0.15) is 11.2 Å². The maximum Gasteiger partial charge on any atom is 1.00 e. The third-order valence-electron chi connectivity index (χ3n) is 6.49. The van der Waals surface area contributed by atoms with Crippen LogP contribution < -0.4 is 159 Å². The van der Waals surface area contributed by atoms with Crippen LogP contribution in [-0.2, 0) is 61.8 Å². The summed E-state index contributed by atoms with van der Waals surface area (Å²) >= 11 is 0. The zero-order valence-corrected chi connectivity index (χ0v) is 51.3. The molecule has 0 heterocycles. The Balaban J connectivity index is -0.0000000799. The fourth-order valence-corrected chi connectivity index (χ4v) is 3.43. The van der Waals surface area contributed by atoms with Crippen molar-refractivity contribution in [2.75, 3.05) is 87.9 Å². The Hall–Kier alpha value is 1.95. The number of hydrogen-bond donors (Lipinski definition) is 1. The Bertz CT molecular complexity index is 1080. The largest absolute Gasteiger partial charge is 1.00 e. The molecule has 0 aliphatic rings. The van der Waals surface area contributed by atoms with Crippen molar-refractivity contribution in [2.24, 2.45) is 5.41 Å². The first-order chi connectivity index (χ1) is 26.3. The molecule has 2 N–H and O–H groups in total. The first-order valence-corrected chi connectivity index (χ1v) is 19.2. The summed E-state index contributed by atoms with van der Waals surface area (Å²) in [7, 11) is 6.07. The maximum atomic E-state index is 12.9. The molecule has 0 aliphatic carbocycles. The van der Waals surface area contributed by atoms with Gasteiger partial charge in [0.25, 0.3) is 0 Å². The van der Waals surface area contributed by atoms with E-state index in [0.29, 0.717) is 50.8 Å². The molecule has 0 saturated heterocycles. The number of hydrogen-bond acceptors (Lipinski definition) is 16. The first-order valence-electron chi connectivity index (χ1n) is 19.2. The second-order valence-corrected chi connectivity index (χ2v) is 15.2. The van der Waals surface area contributed by atoms with Gasteiger partial charge in [-0.15, -0.1) is 6.61 Å². The summed E-state index contributed by atoms with van der Waals surface area (Å²) in [6, 6.07) is 0. The predicted octanol–water partition coefficient (Wildman–Crippen LogP) is -3.49. The summed E-state index contributed by atoms with van der Waals surface area (Å²) in [4.78, 5) is 47.0. The van der Waals surface area contributed by atoms with Gasteiger partial charge >= 0.3 is 178 Å². The summed E-state index contributed by atoms with van der Waals surface area (Å²) < 4.78 is 45.5. The quantitative estimate of drug-likeness (QED) is 0.0366. The van der Waals surface area contributed by atoms with Crippen LogP contribution in [0, 0.1) is 5.41 Å². The maximum absolute atomic E-state index is 12.9. The van der Waals surface area contributed by atoms with Crippen LogP contribution in [0.1, 0.15) is 117 Å². The SMILES string of the molecule is C=C(C)C(=O)OC(C)(C)C.C=C(C)C(=O)OCCCC.CCCCOC(=O)C(C)(CC(C)(COCCOC)C(=O)OC(C)(C)C)OC.COCCO.COCC[O-].[H-].[K+].[K+].[K+].[OH-]. The molecule has 0 saturated carbocycles. The summed E-state index contributed by atoms with van der Waals surface area (Å²) in [6.07, 6.45) is 3.74. The normalized spacial score (nSPS) is 11.8. The number of ether oxygens (including phenoxy) is 9. The summed E-state index contributed by atoms with van der Waals surface area (Å²) in [6.45, 7) is 30.9. The number of methoxy groups -OCH3 is 4. The Morgan fingerprint density at radius 3 is 1.33 bits per heavy atom. The number of rotatable bonds is 22. The Morgan fingerprint density at radius 2 is 1.05 bits per heavy atom. The van der Waals surface area contributed by atoms with E-state index in [9.17, 15) is 24.3 Å². The molecule has 350 valence electrons. The molecule has 0 aromatic rings. The Kier molecular flexibility index (Phi) is 69.9.